The second-order valence-electron chi connectivity index (χ2n) is 5.09. The van der Waals surface area contributed by atoms with E-state index in [4.69, 9.17) is 0 Å². The highest BCUT2D eigenvalue weighted by atomic mass is 35.5. The first-order valence-corrected chi connectivity index (χ1v) is 7.28. The van der Waals surface area contributed by atoms with Gasteiger partial charge in [-0.3, -0.25) is 0 Å². The van der Waals surface area contributed by atoms with Crippen molar-refractivity contribution >= 4 is 0 Å². The normalized spacial score (nSPS) is 10.1. The standard InChI is InChI=1S/C16H28N.ClH/c1-3-4-5-6-7-8-9-10-13-17-14-11-12-16(2)15-17;/h11-12,14-15H,3-10,13H2,1-2H3;1H/q+1;/p-1. The molecular formula is C16H28ClN. The van der Waals surface area contributed by atoms with Crippen molar-refractivity contribution in [2.24, 2.45) is 0 Å². The number of unbranched alkanes of at least 4 members (excludes halogenated alkanes) is 7. The average Bonchev–Trinajstić information content (AvgIpc) is 2.33. The van der Waals surface area contributed by atoms with E-state index in [2.05, 4.69) is 42.9 Å². The molecule has 0 spiro atoms. The van der Waals surface area contributed by atoms with Gasteiger partial charge in [-0.05, 0) is 19.4 Å². The van der Waals surface area contributed by atoms with E-state index in [1.165, 1.54) is 63.5 Å². The van der Waals surface area contributed by atoms with Crippen molar-refractivity contribution in [3.63, 3.8) is 0 Å². The third-order valence-electron chi connectivity index (χ3n) is 3.28. The summed E-state index contributed by atoms with van der Waals surface area (Å²) in [6.45, 7) is 5.61. The van der Waals surface area contributed by atoms with Crippen LogP contribution in [-0.4, -0.2) is 0 Å². The minimum atomic E-state index is 0. The third kappa shape index (κ3) is 8.52. The monoisotopic (exact) mass is 269 g/mol. The van der Waals surface area contributed by atoms with E-state index in [1.54, 1.807) is 0 Å². The number of pyridine rings is 1. The summed E-state index contributed by atoms with van der Waals surface area (Å²) in [6, 6.07) is 4.30. The van der Waals surface area contributed by atoms with Gasteiger partial charge in [0, 0.05) is 18.1 Å². The molecule has 0 amide bonds. The number of aryl methyl sites for hydroxylation is 2. The highest BCUT2D eigenvalue weighted by Gasteiger charge is 1.99. The van der Waals surface area contributed by atoms with Gasteiger partial charge >= 0.3 is 0 Å². The highest BCUT2D eigenvalue weighted by molar-refractivity contribution is 5.01. The molecule has 0 unspecified atom stereocenters. The smallest absolute Gasteiger partial charge is 0.171 e. The molecule has 0 saturated carbocycles. The first-order valence-electron chi connectivity index (χ1n) is 7.28. The summed E-state index contributed by atoms with van der Waals surface area (Å²) in [7, 11) is 0. The maximum atomic E-state index is 2.31. The fourth-order valence-electron chi connectivity index (χ4n) is 2.22. The van der Waals surface area contributed by atoms with Crippen LogP contribution in [0.2, 0.25) is 0 Å². The van der Waals surface area contributed by atoms with Gasteiger partial charge in [-0.2, -0.15) is 0 Å². The lowest BCUT2D eigenvalue weighted by Crippen LogP contribution is -3.00. The van der Waals surface area contributed by atoms with Gasteiger partial charge in [0.15, 0.2) is 12.4 Å². The molecule has 0 bridgehead atoms. The molecule has 1 rings (SSSR count). The fourth-order valence-corrected chi connectivity index (χ4v) is 2.22. The summed E-state index contributed by atoms with van der Waals surface area (Å²) in [5, 5.41) is 0. The number of halogens is 1. The Bertz CT molecular complexity index is 299. The molecule has 1 heterocycles. The molecule has 0 radical (unpaired) electrons. The van der Waals surface area contributed by atoms with Crippen molar-refractivity contribution in [1.29, 1.82) is 0 Å². The molecule has 1 aromatic heterocycles. The molecular weight excluding hydrogens is 242 g/mol. The van der Waals surface area contributed by atoms with Crippen LogP contribution in [0.5, 0.6) is 0 Å². The number of hydrogen-bond acceptors (Lipinski definition) is 0. The zero-order valence-electron chi connectivity index (χ0n) is 12.0. The van der Waals surface area contributed by atoms with Crippen LogP contribution in [0.3, 0.4) is 0 Å². The van der Waals surface area contributed by atoms with E-state index in [1.807, 2.05) is 0 Å². The van der Waals surface area contributed by atoms with E-state index in [0.29, 0.717) is 0 Å². The quantitative estimate of drug-likeness (QED) is 0.472. The molecule has 2 heteroatoms. The maximum absolute atomic E-state index is 2.31. The molecule has 0 aromatic carbocycles. The molecule has 0 N–H and O–H groups in total. The fraction of sp³-hybridized carbons (Fsp3) is 0.688. The number of rotatable bonds is 9. The lowest BCUT2D eigenvalue weighted by atomic mass is 10.1. The SMILES string of the molecule is CCCCCCCCCC[n+]1cccc(C)c1.[Cl-]. The van der Waals surface area contributed by atoms with Crippen molar-refractivity contribution in [1.82, 2.24) is 0 Å². The van der Waals surface area contributed by atoms with E-state index in [-0.39, 0.29) is 12.4 Å². The van der Waals surface area contributed by atoms with Gasteiger partial charge in [-0.1, -0.05) is 45.4 Å². The van der Waals surface area contributed by atoms with Crippen LogP contribution in [0.15, 0.2) is 24.5 Å². The minimum absolute atomic E-state index is 0. The predicted octanol–water partition coefficient (Wildman–Crippen LogP) is 1.43. The highest BCUT2D eigenvalue weighted by Crippen LogP contribution is 2.08. The number of nitrogens with zero attached hydrogens (tertiary/aromatic N) is 1. The Morgan fingerprint density at radius 1 is 0.944 bits per heavy atom. The van der Waals surface area contributed by atoms with Gasteiger partial charge in [0.25, 0.3) is 0 Å². The van der Waals surface area contributed by atoms with Gasteiger partial charge in [-0.15, -0.1) is 0 Å². The summed E-state index contributed by atoms with van der Waals surface area (Å²) in [5.41, 5.74) is 1.35. The van der Waals surface area contributed by atoms with Crippen molar-refractivity contribution < 1.29 is 17.0 Å². The van der Waals surface area contributed by atoms with Gasteiger partial charge < -0.3 is 12.4 Å². The van der Waals surface area contributed by atoms with E-state index in [9.17, 15) is 0 Å². The summed E-state index contributed by atoms with van der Waals surface area (Å²) >= 11 is 0. The van der Waals surface area contributed by atoms with Gasteiger partial charge in [0.2, 0.25) is 0 Å². The molecule has 0 aliphatic heterocycles. The van der Waals surface area contributed by atoms with Crippen LogP contribution in [0.1, 0.15) is 63.9 Å². The van der Waals surface area contributed by atoms with Crippen molar-refractivity contribution in [3.8, 4) is 0 Å². The van der Waals surface area contributed by atoms with Gasteiger partial charge in [-0.25, -0.2) is 4.57 Å². The van der Waals surface area contributed by atoms with Crippen LogP contribution >= 0.6 is 0 Å². The molecule has 0 aliphatic carbocycles. The van der Waals surface area contributed by atoms with Crippen LogP contribution < -0.4 is 17.0 Å². The lowest BCUT2D eigenvalue weighted by Gasteiger charge is -2.00. The Morgan fingerprint density at radius 2 is 1.56 bits per heavy atom. The lowest BCUT2D eigenvalue weighted by molar-refractivity contribution is -0.697. The molecule has 0 aliphatic rings. The van der Waals surface area contributed by atoms with Gasteiger partial charge in [0.05, 0.1) is 0 Å². The Hall–Kier alpha value is -0.560. The molecule has 0 fully saturated rings. The maximum Gasteiger partial charge on any atom is 0.171 e. The summed E-state index contributed by atoms with van der Waals surface area (Å²) in [4.78, 5) is 0. The topological polar surface area (TPSA) is 3.88 Å². The summed E-state index contributed by atoms with van der Waals surface area (Å²) < 4.78 is 2.31. The zero-order chi connectivity index (χ0) is 12.3. The summed E-state index contributed by atoms with van der Waals surface area (Å²) in [5.74, 6) is 0. The summed E-state index contributed by atoms with van der Waals surface area (Å²) in [6.07, 6.45) is 15.6. The Morgan fingerprint density at radius 3 is 2.17 bits per heavy atom. The van der Waals surface area contributed by atoms with E-state index >= 15 is 0 Å². The average molecular weight is 270 g/mol. The van der Waals surface area contributed by atoms with E-state index in [0.717, 1.165) is 0 Å². The second kappa shape index (κ2) is 11.5. The Balaban J connectivity index is 0.00000289. The van der Waals surface area contributed by atoms with Crippen LogP contribution in [0.4, 0.5) is 0 Å². The second-order valence-corrected chi connectivity index (χ2v) is 5.09. The molecule has 0 atom stereocenters. The number of hydrogen-bond donors (Lipinski definition) is 0. The largest absolute Gasteiger partial charge is 1.00 e. The first kappa shape index (κ1) is 17.4. The van der Waals surface area contributed by atoms with Crippen LogP contribution in [0, 0.1) is 6.92 Å². The Labute approximate surface area is 119 Å². The molecule has 0 saturated heterocycles. The first-order chi connectivity index (χ1) is 8.33. The van der Waals surface area contributed by atoms with Crippen molar-refractivity contribution in [2.75, 3.05) is 0 Å². The number of aromatic nitrogens is 1. The molecule has 1 aromatic rings. The third-order valence-corrected chi connectivity index (χ3v) is 3.28. The van der Waals surface area contributed by atoms with Crippen LogP contribution in [-0.2, 0) is 6.54 Å². The molecule has 18 heavy (non-hydrogen) atoms. The predicted molar refractivity (Wildman–Crippen MR) is 74.0 cm³/mol. The van der Waals surface area contributed by atoms with E-state index < -0.39 is 0 Å². The Kier molecular flexibility index (Phi) is 11.2. The molecule has 104 valence electrons. The van der Waals surface area contributed by atoms with Gasteiger partial charge in [0.1, 0.15) is 6.54 Å². The van der Waals surface area contributed by atoms with Crippen molar-refractivity contribution in [3.05, 3.63) is 30.1 Å². The molecule has 1 nitrogen and oxygen atoms in total. The van der Waals surface area contributed by atoms with Crippen LogP contribution in [0.25, 0.3) is 0 Å². The zero-order valence-corrected chi connectivity index (χ0v) is 12.8. The minimum Gasteiger partial charge on any atom is -1.00 e. The van der Waals surface area contributed by atoms with Crippen molar-refractivity contribution in [2.45, 2.75) is 71.8 Å².